The monoisotopic (exact) mass is 413 g/mol. The number of hydrogen-bond donors (Lipinski definition) is 0. The molecule has 146 valence electrons. The van der Waals surface area contributed by atoms with Gasteiger partial charge in [0.25, 0.3) is 0 Å². The van der Waals surface area contributed by atoms with Gasteiger partial charge in [-0.05, 0) is 44.8 Å². The molecule has 0 N–H and O–H groups in total. The van der Waals surface area contributed by atoms with Crippen LogP contribution in [0.25, 0.3) is 55.3 Å². The van der Waals surface area contributed by atoms with Crippen LogP contribution in [0.2, 0.25) is 0 Å². The molecule has 0 aliphatic heterocycles. The summed E-state index contributed by atoms with van der Waals surface area (Å²) in [5.41, 5.74) is -1.35. The number of hydrogen-bond acceptors (Lipinski definition) is 1. The zero-order valence-corrected chi connectivity index (χ0v) is 15.6. The van der Waals surface area contributed by atoms with Crippen molar-refractivity contribution in [2.75, 3.05) is 0 Å². The molecule has 31 heavy (non-hydrogen) atoms. The summed E-state index contributed by atoms with van der Waals surface area (Å²) in [6.45, 7) is 0. The van der Waals surface area contributed by atoms with Crippen molar-refractivity contribution < 1.29 is 27.7 Å². The van der Waals surface area contributed by atoms with Crippen molar-refractivity contribution in [3.05, 3.63) is 121 Å². The Morgan fingerprint density at radius 3 is 1.71 bits per heavy atom. The van der Waals surface area contributed by atoms with Crippen molar-refractivity contribution >= 4 is 21.5 Å². The van der Waals surface area contributed by atoms with Gasteiger partial charge < -0.3 is 4.42 Å². The zero-order valence-electron chi connectivity index (χ0n) is 32.6. The zero-order chi connectivity index (χ0) is 35.4. The average molecular weight is 414 g/mol. The van der Waals surface area contributed by atoms with Gasteiger partial charge in [-0.3, -0.25) is 0 Å². The first-order valence-corrected chi connectivity index (χ1v) is 9.14. The fourth-order valence-electron chi connectivity index (χ4n) is 3.47. The molecule has 0 radical (unpaired) electrons. The van der Waals surface area contributed by atoms with Crippen LogP contribution in [0.5, 0.6) is 0 Å². The Hall–Kier alpha value is -4.10. The molecular formula is C30H20O. The Kier molecular flexibility index (Phi) is 1.78. The van der Waals surface area contributed by atoms with E-state index < -0.39 is 123 Å². The van der Waals surface area contributed by atoms with Crippen LogP contribution in [0.1, 0.15) is 23.3 Å². The summed E-state index contributed by atoms with van der Waals surface area (Å²) in [7, 11) is 0. The van der Waals surface area contributed by atoms with E-state index in [1.54, 1.807) is 0 Å². The maximum atomic E-state index is 8.97. The molecule has 5 aromatic carbocycles. The minimum atomic E-state index is -0.771. The summed E-state index contributed by atoms with van der Waals surface area (Å²) in [5.74, 6) is -1.04. The maximum absolute atomic E-state index is 8.97. The Labute approximate surface area is 205 Å². The van der Waals surface area contributed by atoms with Gasteiger partial charge in [0.2, 0.25) is 0 Å². The molecule has 0 aliphatic carbocycles. The fourth-order valence-corrected chi connectivity index (χ4v) is 3.47. The topological polar surface area (TPSA) is 13.1 Å². The predicted molar refractivity (Wildman–Crippen MR) is 130 cm³/mol. The number of benzene rings is 5. The summed E-state index contributed by atoms with van der Waals surface area (Å²) in [5, 5.41) is -1.64. The van der Waals surface area contributed by atoms with E-state index in [0.29, 0.717) is 0 Å². The highest BCUT2D eigenvalue weighted by molar-refractivity contribution is 6.20. The minimum Gasteiger partial charge on any atom is -0.456 e. The molecule has 6 rings (SSSR count). The highest BCUT2D eigenvalue weighted by Crippen LogP contribution is 2.44. The van der Waals surface area contributed by atoms with E-state index in [4.69, 9.17) is 27.7 Å². The second kappa shape index (κ2) is 7.30. The second-order valence-electron chi connectivity index (χ2n) is 6.46. The van der Waals surface area contributed by atoms with Crippen molar-refractivity contribution in [3.63, 3.8) is 0 Å². The number of furan rings is 1. The third-order valence-electron chi connectivity index (χ3n) is 4.74. The summed E-state index contributed by atoms with van der Waals surface area (Å²) in [6.07, 6.45) is 0. The second-order valence-corrected chi connectivity index (χ2v) is 6.46. The van der Waals surface area contributed by atoms with E-state index in [1.807, 2.05) is 0 Å². The van der Waals surface area contributed by atoms with Crippen LogP contribution in [0.3, 0.4) is 0 Å². The van der Waals surface area contributed by atoms with Crippen molar-refractivity contribution in [1.82, 2.24) is 0 Å². The highest BCUT2D eigenvalue weighted by atomic mass is 16.3. The van der Waals surface area contributed by atoms with Crippen LogP contribution in [-0.4, -0.2) is 0 Å². The number of fused-ring (bicyclic) bond motifs is 2. The molecule has 0 unspecified atom stereocenters. The van der Waals surface area contributed by atoms with Crippen molar-refractivity contribution in [2.45, 2.75) is 0 Å². The van der Waals surface area contributed by atoms with E-state index in [9.17, 15) is 0 Å². The van der Waals surface area contributed by atoms with Crippen LogP contribution in [-0.2, 0) is 0 Å². The van der Waals surface area contributed by atoms with Crippen molar-refractivity contribution in [3.8, 4) is 33.8 Å². The summed E-state index contributed by atoms with van der Waals surface area (Å²) < 4.78 is 151. The molecule has 0 atom stereocenters. The van der Waals surface area contributed by atoms with Gasteiger partial charge >= 0.3 is 0 Å². The highest BCUT2D eigenvalue weighted by Gasteiger charge is 2.18. The molecule has 1 aromatic heterocycles. The Morgan fingerprint density at radius 1 is 0.452 bits per heavy atom. The lowest BCUT2D eigenvalue weighted by atomic mass is 9.88. The van der Waals surface area contributed by atoms with Crippen LogP contribution < -0.4 is 0 Å². The molecule has 0 bridgehead atoms. The first-order chi connectivity index (χ1) is 22.4. The quantitative estimate of drug-likeness (QED) is 0.265. The summed E-state index contributed by atoms with van der Waals surface area (Å²) >= 11 is 0. The van der Waals surface area contributed by atoms with Crippen LogP contribution in [0.15, 0.2) is 125 Å². The van der Waals surface area contributed by atoms with E-state index in [0.717, 1.165) is 18.2 Å². The molecule has 0 spiro atoms. The van der Waals surface area contributed by atoms with E-state index in [2.05, 4.69) is 0 Å². The SMILES string of the molecule is [2H]c1cc([2H])c(-c2oc(-c3c4c([2H])c([2H])c([2H])c([2H])c4c(-c4cc([2H])c([2H])c([2H])c4[2H])c4c([2H])c([2H])c([2H])c([2H])c34)c([2H])c2[2H])c([2H])c1. The molecule has 1 heteroatoms. The van der Waals surface area contributed by atoms with Gasteiger partial charge in [0.1, 0.15) is 11.5 Å². The van der Waals surface area contributed by atoms with Gasteiger partial charge in [-0.25, -0.2) is 0 Å². The molecule has 0 saturated heterocycles. The first-order valence-electron chi connectivity index (χ1n) is 17.6. The third kappa shape index (κ3) is 2.94. The van der Waals surface area contributed by atoms with Crippen LogP contribution in [0, 0.1) is 0 Å². The van der Waals surface area contributed by atoms with Crippen LogP contribution >= 0.6 is 0 Å². The van der Waals surface area contributed by atoms with Crippen molar-refractivity contribution in [2.24, 2.45) is 0 Å². The van der Waals surface area contributed by atoms with E-state index in [1.165, 1.54) is 0 Å². The lowest BCUT2D eigenvalue weighted by Gasteiger charge is -2.16. The number of rotatable bonds is 3. The Balaban J connectivity index is 1.97. The van der Waals surface area contributed by atoms with E-state index in [-0.39, 0.29) is 34.8 Å². The largest absolute Gasteiger partial charge is 0.456 e. The Morgan fingerprint density at radius 2 is 1.03 bits per heavy atom. The molecular weight excluding hydrogens is 376 g/mol. The van der Waals surface area contributed by atoms with Crippen molar-refractivity contribution in [1.29, 1.82) is 0 Å². The fraction of sp³-hybridized carbons (Fsp3) is 0. The first kappa shape index (κ1) is 7.55. The average Bonchev–Trinajstić information content (AvgIpc) is 3.32. The summed E-state index contributed by atoms with van der Waals surface area (Å²) in [4.78, 5) is 0. The molecule has 1 heterocycles. The van der Waals surface area contributed by atoms with Gasteiger partial charge in [-0.1, -0.05) is 109 Å². The van der Waals surface area contributed by atoms with Gasteiger partial charge in [0.15, 0.2) is 0 Å². The van der Waals surface area contributed by atoms with E-state index >= 15 is 0 Å². The molecule has 0 aliphatic rings. The lowest BCUT2D eigenvalue weighted by Crippen LogP contribution is -1.89. The molecule has 0 saturated carbocycles. The minimum absolute atomic E-state index is 0.170. The lowest BCUT2D eigenvalue weighted by molar-refractivity contribution is 0.598. The predicted octanol–water partition coefficient (Wildman–Crippen LogP) is 8.59. The molecule has 1 nitrogen and oxygen atoms in total. The van der Waals surface area contributed by atoms with Gasteiger partial charge in [-0.2, -0.15) is 0 Å². The summed E-state index contributed by atoms with van der Waals surface area (Å²) in [6, 6.07) is -7.56. The third-order valence-corrected chi connectivity index (χ3v) is 4.74. The molecule has 6 aromatic rings. The van der Waals surface area contributed by atoms with Gasteiger partial charge in [0.05, 0.1) is 23.3 Å². The van der Waals surface area contributed by atoms with Gasteiger partial charge in [-0.15, -0.1) is 0 Å². The maximum Gasteiger partial charge on any atom is 0.136 e. The standard InChI is InChI=1S/C30H20O/c1-3-11-21(12-4-1)27-19-20-28(31-27)30-25-17-9-7-15-23(25)29(22-13-5-2-6-14-22)24-16-8-10-18-26(24)30/h1-20H/i1D,2D,5D,6D,7D,8D,9D,10D,11D,12D,13D,15D,16D,17D,18D,19D,20D. The van der Waals surface area contributed by atoms with Gasteiger partial charge in [0, 0.05) is 11.1 Å². The normalized spacial score (nSPS) is 18.9. The molecule has 0 amide bonds. The smallest absolute Gasteiger partial charge is 0.136 e. The Bertz CT molecular complexity index is 2330. The van der Waals surface area contributed by atoms with Crippen LogP contribution in [0.4, 0.5) is 0 Å². The molecule has 0 fully saturated rings.